The lowest BCUT2D eigenvalue weighted by Crippen LogP contribution is -2.50. The van der Waals surface area contributed by atoms with Gasteiger partial charge in [0, 0.05) is 6.42 Å². The summed E-state index contributed by atoms with van der Waals surface area (Å²) in [4.78, 5) is 24.0. The van der Waals surface area contributed by atoms with Gasteiger partial charge in [0.15, 0.2) is 0 Å². The molecule has 0 aliphatic rings. The van der Waals surface area contributed by atoms with Crippen LogP contribution in [0.3, 0.4) is 0 Å². The third kappa shape index (κ3) is 8.07. The van der Waals surface area contributed by atoms with Crippen LogP contribution in [0.1, 0.15) is 16.7 Å². The van der Waals surface area contributed by atoms with E-state index in [-0.39, 0.29) is 13.0 Å². The summed E-state index contributed by atoms with van der Waals surface area (Å²) in [6.07, 6.45) is 0.123. The van der Waals surface area contributed by atoms with Gasteiger partial charge in [0.25, 0.3) is 0 Å². The minimum Gasteiger partial charge on any atom is -0.489 e. The number of nitrogens with two attached hydrogens (primary N) is 1. The molecule has 0 radical (unpaired) electrons. The number of carboxylic acids is 1. The number of nitrogens with one attached hydrogen (secondary N) is 1. The molecule has 4 N–H and O–H groups in total. The highest BCUT2D eigenvalue weighted by Gasteiger charge is 2.23. The van der Waals surface area contributed by atoms with Crippen molar-refractivity contribution in [1.29, 1.82) is 0 Å². The molecule has 0 aromatic heterocycles. The van der Waals surface area contributed by atoms with Gasteiger partial charge in [0.2, 0.25) is 5.91 Å². The molecule has 33 heavy (non-hydrogen) atoms. The summed E-state index contributed by atoms with van der Waals surface area (Å²) in [5.74, 6) is -1.03. The molecule has 7 heteroatoms. The second-order valence-corrected chi connectivity index (χ2v) is 7.63. The first-order chi connectivity index (χ1) is 16.0. The molecule has 0 saturated heterocycles. The Bertz CT molecular complexity index is 1010. The van der Waals surface area contributed by atoms with E-state index in [0.717, 1.165) is 16.7 Å². The second kappa shape index (κ2) is 12.4. The third-order valence-electron chi connectivity index (χ3n) is 4.97. The summed E-state index contributed by atoms with van der Waals surface area (Å²) in [6, 6.07) is 24.4. The molecule has 0 spiro atoms. The maximum absolute atomic E-state index is 12.4. The number of amides is 1. The number of hydrogen-bond acceptors (Lipinski definition) is 5. The number of ether oxygens (including phenoxy) is 2. The Morgan fingerprint density at radius 1 is 0.818 bits per heavy atom. The van der Waals surface area contributed by atoms with Crippen LogP contribution < -0.4 is 15.8 Å². The van der Waals surface area contributed by atoms with E-state index in [1.807, 2.05) is 60.7 Å². The quantitative estimate of drug-likeness (QED) is 0.393. The Labute approximate surface area is 193 Å². The number of hydrogen-bond donors (Lipinski definition) is 3. The summed E-state index contributed by atoms with van der Waals surface area (Å²) in [5.41, 5.74) is 8.65. The molecule has 0 unspecified atom stereocenters. The van der Waals surface area contributed by atoms with Crippen LogP contribution in [0.15, 0.2) is 84.9 Å². The lowest BCUT2D eigenvalue weighted by atomic mass is 10.1. The molecule has 3 aromatic rings. The maximum Gasteiger partial charge on any atom is 0.326 e. The fraction of sp³-hybridized carbons (Fsp3) is 0.231. The zero-order chi connectivity index (χ0) is 23.5. The predicted octanol–water partition coefficient (Wildman–Crippen LogP) is 2.92. The predicted molar refractivity (Wildman–Crippen MR) is 125 cm³/mol. The fourth-order valence-corrected chi connectivity index (χ4v) is 3.13. The molecule has 0 aliphatic heterocycles. The van der Waals surface area contributed by atoms with Crippen LogP contribution in [0.25, 0.3) is 0 Å². The molecule has 0 heterocycles. The number of benzene rings is 3. The Balaban J connectivity index is 1.47. The summed E-state index contributed by atoms with van der Waals surface area (Å²) in [7, 11) is 0. The molecule has 3 rings (SSSR count). The van der Waals surface area contributed by atoms with Crippen molar-refractivity contribution >= 4 is 11.9 Å². The van der Waals surface area contributed by atoms with E-state index in [4.69, 9.17) is 15.2 Å². The van der Waals surface area contributed by atoms with Crippen molar-refractivity contribution in [2.45, 2.75) is 31.7 Å². The molecule has 172 valence electrons. The molecular weight excluding hydrogens is 420 g/mol. The minimum absolute atomic E-state index is 0.0134. The normalized spacial score (nSPS) is 12.5. The molecule has 3 aromatic carbocycles. The zero-order valence-electron chi connectivity index (χ0n) is 18.2. The van der Waals surface area contributed by atoms with E-state index < -0.39 is 24.0 Å². The van der Waals surface area contributed by atoms with Crippen LogP contribution in [-0.4, -0.2) is 35.7 Å². The van der Waals surface area contributed by atoms with Gasteiger partial charge in [-0.15, -0.1) is 0 Å². The van der Waals surface area contributed by atoms with Crippen LogP contribution in [0.5, 0.6) is 5.75 Å². The van der Waals surface area contributed by atoms with Crippen molar-refractivity contribution in [2.75, 3.05) is 6.61 Å². The van der Waals surface area contributed by atoms with E-state index >= 15 is 0 Å². The van der Waals surface area contributed by atoms with Crippen molar-refractivity contribution in [3.05, 3.63) is 102 Å². The highest BCUT2D eigenvalue weighted by Crippen LogP contribution is 2.15. The minimum atomic E-state index is -1.13. The summed E-state index contributed by atoms with van der Waals surface area (Å²) < 4.78 is 11.2. The topological polar surface area (TPSA) is 111 Å². The van der Waals surface area contributed by atoms with E-state index in [2.05, 4.69) is 5.32 Å². The first-order valence-electron chi connectivity index (χ1n) is 10.7. The van der Waals surface area contributed by atoms with Crippen LogP contribution in [-0.2, 0) is 34.0 Å². The van der Waals surface area contributed by atoms with Gasteiger partial charge in [0.05, 0.1) is 13.2 Å². The van der Waals surface area contributed by atoms with Gasteiger partial charge in [-0.3, -0.25) is 4.79 Å². The highest BCUT2D eigenvalue weighted by molar-refractivity contribution is 5.87. The number of carbonyl (C=O) groups is 2. The molecule has 0 fully saturated rings. The largest absolute Gasteiger partial charge is 0.489 e. The van der Waals surface area contributed by atoms with Crippen molar-refractivity contribution in [1.82, 2.24) is 5.32 Å². The second-order valence-electron chi connectivity index (χ2n) is 7.63. The fourth-order valence-electron chi connectivity index (χ4n) is 3.13. The average Bonchev–Trinajstić information content (AvgIpc) is 2.84. The van der Waals surface area contributed by atoms with Crippen LogP contribution in [0, 0.1) is 0 Å². The Kier molecular flexibility index (Phi) is 8.99. The van der Waals surface area contributed by atoms with Crippen molar-refractivity contribution in [3.63, 3.8) is 0 Å². The molecule has 2 atom stereocenters. The number of aliphatic carboxylic acids is 1. The smallest absolute Gasteiger partial charge is 0.326 e. The first kappa shape index (κ1) is 24.0. The monoisotopic (exact) mass is 448 g/mol. The number of carbonyl (C=O) groups excluding carboxylic acids is 1. The van der Waals surface area contributed by atoms with Gasteiger partial charge < -0.3 is 25.6 Å². The van der Waals surface area contributed by atoms with E-state index in [9.17, 15) is 14.7 Å². The third-order valence-corrected chi connectivity index (χ3v) is 4.97. The zero-order valence-corrected chi connectivity index (χ0v) is 18.2. The van der Waals surface area contributed by atoms with Gasteiger partial charge in [-0.25, -0.2) is 4.79 Å². The first-order valence-corrected chi connectivity index (χ1v) is 10.7. The summed E-state index contributed by atoms with van der Waals surface area (Å²) in [6.45, 7) is 0.752. The van der Waals surface area contributed by atoms with Gasteiger partial charge >= 0.3 is 5.97 Å². The SMILES string of the molecule is N[C@@H](COCc1ccccc1)C(=O)N[C@@H](Cc1ccc(OCc2ccccc2)cc1)C(=O)O. The molecular formula is C26H28N2O5. The average molecular weight is 449 g/mol. The highest BCUT2D eigenvalue weighted by atomic mass is 16.5. The summed E-state index contributed by atoms with van der Waals surface area (Å²) >= 11 is 0. The van der Waals surface area contributed by atoms with E-state index in [1.165, 1.54) is 0 Å². The van der Waals surface area contributed by atoms with Gasteiger partial charge in [-0.2, -0.15) is 0 Å². The molecule has 7 nitrogen and oxygen atoms in total. The molecule has 0 aliphatic carbocycles. The van der Waals surface area contributed by atoms with Crippen molar-refractivity contribution in [3.8, 4) is 5.75 Å². The van der Waals surface area contributed by atoms with Gasteiger partial charge in [-0.1, -0.05) is 72.8 Å². The molecule has 0 saturated carbocycles. The molecule has 0 bridgehead atoms. The maximum atomic E-state index is 12.4. The standard InChI is InChI=1S/C26H28N2O5/c27-23(18-32-16-20-7-3-1-4-8-20)25(29)28-24(26(30)31)15-19-11-13-22(14-12-19)33-17-21-9-5-2-6-10-21/h1-14,23-24H,15-18,27H2,(H,28,29)(H,30,31)/t23-,24-/m0/s1. The van der Waals surface area contributed by atoms with Crippen molar-refractivity contribution < 1.29 is 24.2 Å². The van der Waals surface area contributed by atoms with Gasteiger partial charge in [-0.05, 0) is 28.8 Å². The van der Waals surface area contributed by atoms with Crippen LogP contribution in [0.2, 0.25) is 0 Å². The van der Waals surface area contributed by atoms with Crippen molar-refractivity contribution in [2.24, 2.45) is 5.73 Å². The Morgan fingerprint density at radius 3 is 1.97 bits per heavy atom. The summed E-state index contributed by atoms with van der Waals surface area (Å²) in [5, 5.41) is 12.0. The van der Waals surface area contributed by atoms with Gasteiger partial charge in [0.1, 0.15) is 24.4 Å². The number of carboxylic acid groups (broad SMARTS) is 1. The molecule has 1 amide bonds. The Morgan fingerprint density at radius 2 is 1.39 bits per heavy atom. The van der Waals surface area contributed by atoms with Crippen LogP contribution in [0.4, 0.5) is 0 Å². The Hall–Kier alpha value is -3.68. The van der Waals surface area contributed by atoms with Crippen LogP contribution >= 0.6 is 0 Å². The lowest BCUT2D eigenvalue weighted by Gasteiger charge is -2.18. The van der Waals surface area contributed by atoms with E-state index in [1.54, 1.807) is 24.3 Å². The van der Waals surface area contributed by atoms with E-state index in [0.29, 0.717) is 19.0 Å². The number of rotatable bonds is 12. The lowest BCUT2D eigenvalue weighted by molar-refractivity contribution is -0.142.